The van der Waals surface area contributed by atoms with Gasteiger partial charge in [0.05, 0.1) is 5.92 Å². The summed E-state index contributed by atoms with van der Waals surface area (Å²) in [6.45, 7) is -0.209. The number of carbonyl (C=O) groups excluding carboxylic acids is 2. The van der Waals surface area contributed by atoms with E-state index in [1.165, 1.54) is 32.1 Å². The minimum atomic E-state index is -0.348. The molecule has 0 aromatic heterocycles. The van der Waals surface area contributed by atoms with Gasteiger partial charge in [0.15, 0.2) is 6.61 Å². The Labute approximate surface area is 143 Å². The molecule has 130 valence electrons. The second-order valence-electron chi connectivity index (χ2n) is 8.88. The molecule has 0 amide bonds. The van der Waals surface area contributed by atoms with Gasteiger partial charge in [-0.1, -0.05) is 12.2 Å². The lowest BCUT2D eigenvalue weighted by Gasteiger charge is -2.53. The van der Waals surface area contributed by atoms with Crippen molar-refractivity contribution in [3.05, 3.63) is 12.2 Å². The van der Waals surface area contributed by atoms with Crippen LogP contribution in [0, 0.1) is 41.4 Å². The fourth-order valence-electron chi connectivity index (χ4n) is 6.54. The number of rotatable bonds is 4. The van der Waals surface area contributed by atoms with E-state index in [0.717, 1.165) is 24.7 Å². The molecule has 0 saturated heterocycles. The molecule has 4 heteroatoms. The van der Waals surface area contributed by atoms with E-state index in [-0.39, 0.29) is 30.6 Å². The minimum Gasteiger partial charge on any atom is -0.459 e. The van der Waals surface area contributed by atoms with Gasteiger partial charge in [-0.25, -0.2) is 4.79 Å². The van der Waals surface area contributed by atoms with E-state index in [1.807, 2.05) is 0 Å². The molecular formula is C20H26O4. The van der Waals surface area contributed by atoms with Crippen molar-refractivity contribution in [1.29, 1.82) is 0 Å². The van der Waals surface area contributed by atoms with Crippen molar-refractivity contribution >= 4 is 11.9 Å². The first kappa shape index (κ1) is 15.0. The van der Waals surface area contributed by atoms with Crippen molar-refractivity contribution in [3.63, 3.8) is 0 Å². The highest BCUT2D eigenvalue weighted by Crippen LogP contribution is 2.54. The van der Waals surface area contributed by atoms with Crippen LogP contribution >= 0.6 is 0 Å². The standard InChI is InChI=1S/C20H26O4/c21-18(10-23-20(22)17-9-11-1-2-14(17)4-11)24-19-15-5-12-3-13(7-15)8-16(19)6-12/h1-2,11-17,19H,3-10H2. The van der Waals surface area contributed by atoms with Gasteiger partial charge >= 0.3 is 11.9 Å². The lowest BCUT2D eigenvalue weighted by atomic mass is 9.55. The number of hydrogen-bond donors (Lipinski definition) is 0. The van der Waals surface area contributed by atoms with Gasteiger partial charge in [0, 0.05) is 0 Å². The largest absolute Gasteiger partial charge is 0.459 e. The first-order chi connectivity index (χ1) is 11.7. The van der Waals surface area contributed by atoms with Crippen LogP contribution in [0.2, 0.25) is 0 Å². The average Bonchev–Trinajstić information content (AvgIpc) is 3.18. The van der Waals surface area contributed by atoms with Crippen molar-refractivity contribution < 1.29 is 19.1 Å². The van der Waals surface area contributed by atoms with Gasteiger partial charge in [0.25, 0.3) is 0 Å². The fourth-order valence-corrected chi connectivity index (χ4v) is 6.54. The highest BCUT2D eigenvalue weighted by molar-refractivity contribution is 5.78. The maximum Gasteiger partial charge on any atom is 0.344 e. The molecule has 0 spiro atoms. The third kappa shape index (κ3) is 2.49. The number of allylic oxidation sites excluding steroid dienone is 2. The quantitative estimate of drug-likeness (QED) is 0.587. The molecule has 24 heavy (non-hydrogen) atoms. The molecular weight excluding hydrogens is 304 g/mol. The predicted molar refractivity (Wildman–Crippen MR) is 86.7 cm³/mol. The molecule has 5 fully saturated rings. The second kappa shape index (κ2) is 5.60. The summed E-state index contributed by atoms with van der Waals surface area (Å²) in [6.07, 6.45) is 12.7. The lowest BCUT2D eigenvalue weighted by molar-refractivity contribution is -0.179. The number of hydrogen-bond acceptors (Lipinski definition) is 4. The summed E-state index contributed by atoms with van der Waals surface area (Å²) < 4.78 is 11.1. The second-order valence-corrected chi connectivity index (χ2v) is 8.88. The van der Waals surface area contributed by atoms with Crippen molar-refractivity contribution in [1.82, 2.24) is 0 Å². The van der Waals surface area contributed by atoms with Crippen LogP contribution in [0.1, 0.15) is 44.9 Å². The molecule has 6 aliphatic carbocycles. The molecule has 0 aliphatic heterocycles. The van der Waals surface area contributed by atoms with Crippen LogP contribution in [0.4, 0.5) is 0 Å². The van der Waals surface area contributed by atoms with Crippen LogP contribution in [0.3, 0.4) is 0 Å². The molecule has 0 N–H and O–H groups in total. The lowest BCUT2D eigenvalue weighted by Crippen LogP contribution is -2.50. The van der Waals surface area contributed by atoms with E-state index >= 15 is 0 Å². The topological polar surface area (TPSA) is 52.6 Å². The summed E-state index contributed by atoms with van der Waals surface area (Å²) in [6, 6.07) is 0. The van der Waals surface area contributed by atoms with Crippen LogP contribution in [0.25, 0.3) is 0 Å². The van der Waals surface area contributed by atoms with Crippen LogP contribution < -0.4 is 0 Å². The highest BCUT2D eigenvalue weighted by atomic mass is 16.6. The van der Waals surface area contributed by atoms with Crippen LogP contribution in [-0.2, 0) is 19.1 Å². The van der Waals surface area contributed by atoms with Crippen molar-refractivity contribution in [2.75, 3.05) is 6.61 Å². The van der Waals surface area contributed by atoms with E-state index < -0.39 is 0 Å². The number of esters is 2. The van der Waals surface area contributed by atoms with E-state index in [4.69, 9.17) is 9.47 Å². The Hall–Kier alpha value is -1.32. The van der Waals surface area contributed by atoms with Gasteiger partial charge in [-0.15, -0.1) is 0 Å². The third-order valence-corrected chi connectivity index (χ3v) is 7.32. The van der Waals surface area contributed by atoms with Gasteiger partial charge in [0.2, 0.25) is 0 Å². The molecule has 3 unspecified atom stereocenters. The molecule has 0 heterocycles. The summed E-state index contributed by atoms with van der Waals surface area (Å²) in [5.74, 6) is 3.09. The molecule has 5 saturated carbocycles. The molecule has 6 rings (SSSR count). The zero-order valence-electron chi connectivity index (χ0n) is 14.1. The zero-order chi connectivity index (χ0) is 16.3. The van der Waals surface area contributed by atoms with E-state index in [0.29, 0.717) is 23.7 Å². The summed E-state index contributed by atoms with van der Waals surface area (Å²) in [5, 5.41) is 0. The molecule has 6 bridgehead atoms. The van der Waals surface area contributed by atoms with Crippen molar-refractivity contribution in [3.8, 4) is 0 Å². The van der Waals surface area contributed by atoms with Crippen LogP contribution in [-0.4, -0.2) is 24.6 Å². The van der Waals surface area contributed by atoms with Gasteiger partial charge in [-0.3, -0.25) is 4.79 Å². The molecule has 0 radical (unpaired) electrons. The maximum atomic E-state index is 12.2. The SMILES string of the molecule is O=C(COC(=O)C1CC2C=CC1C2)OC1C2CC3CC(C2)CC1C3. The van der Waals surface area contributed by atoms with Crippen LogP contribution in [0.5, 0.6) is 0 Å². The van der Waals surface area contributed by atoms with Gasteiger partial charge in [-0.2, -0.15) is 0 Å². The predicted octanol–water partition coefficient (Wildman–Crippen LogP) is 3.11. The maximum absolute atomic E-state index is 12.2. The minimum absolute atomic E-state index is 0.0472. The molecule has 4 nitrogen and oxygen atoms in total. The first-order valence-electron chi connectivity index (χ1n) is 9.70. The van der Waals surface area contributed by atoms with Crippen LogP contribution in [0.15, 0.2) is 12.2 Å². The normalized spacial score (nSPS) is 47.2. The summed E-state index contributed by atoms with van der Waals surface area (Å²) in [4.78, 5) is 24.4. The molecule has 0 aromatic carbocycles. The van der Waals surface area contributed by atoms with E-state index in [1.54, 1.807) is 0 Å². The summed E-state index contributed by atoms with van der Waals surface area (Å²) >= 11 is 0. The Bertz CT molecular complexity index is 552. The Morgan fingerprint density at radius 1 is 0.875 bits per heavy atom. The number of carbonyl (C=O) groups is 2. The Morgan fingerprint density at radius 2 is 1.58 bits per heavy atom. The molecule has 0 aromatic rings. The Balaban J connectivity index is 1.13. The van der Waals surface area contributed by atoms with E-state index in [2.05, 4.69) is 12.2 Å². The third-order valence-electron chi connectivity index (χ3n) is 7.32. The Morgan fingerprint density at radius 3 is 2.17 bits per heavy atom. The summed E-state index contributed by atoms with van der Waals surface area (Å²) in [5.41, 5.74) is 0. The monoisotopic (exact) mass is 330 g/mol. The zero-order valence-corrected chi connectivity index (χ0v) is 14.1. The smallest absolute Gasteiger partial charge is 0.344 e. The fraction of sp³-hybridized carbons (Fsp3) is 0.800. The molecule has 3 atom stereocenters. The van der Waals surface area contributed by atoms with E-state index in [9.17, 15) is 9.59 Å². The molecule has 6 aliphatic rings. The highest BCUT2D eigenvalue weighted by Gasteiger charge is 2.50. The van der Waals surface area contributed by atoms with Gasteiger partial charge < -0.3 is 9.47 Å². The van der Waals surface area contributed by atoms with Gasteiger partial charge in [-0.05, 0) is 80.5 Å². The first-order valence-corrected chi connectivity index (χ1v) is 9.70. The van der Waals surface area contributed by atoms with Crippen molar-refractivity contribution in [2.24, 2.45) is 41.4 Å². The Kier molecular flexibility index (Phi) is 3.50. The number of fused-ring (bicyclic) bond motifs is 2. The number of ether oxygens (including phenoxy) is 2. The summed E-state index contributed by atoms with van der Waals surface area (Å²) in [7, 11) is 0. The van der Waals surface area contributed by atoms with Crippen molar-refractivity contribution in [2.45, 2.75) is 51.0 Å². The average molecular weight is 330 g/mol. The van der Waals surface area contributed by atoms with Gasteiger partial charge in [0.1, 0.15) is 6.10 Å².